The number of benzene rings is 2. The Labute approximate surface area is 167 Å². The number of ether oxygens (including phenoxy) is 1. The predicted octanol–water partition coefficient (Wildman–Crippen LogP) is 4.88. The zero-order valence-corrected chi connectivity index (χ0v) is 16.5. The molecule has 144 valence electrons. The van der Waals surface area contributed by atoms with Crippen LogP contribution in [0.4, 0.5) is 5.95 Å². The molecule has 0 aliphatic rings. The molecule has 0 unspecified atom stereocenters. The molecule has 0 bridgehead atoms. The molecule has 3 aromatic rings. The molecule has 0 saturated heterocycles. The van der Waals surface area contributed by atoms with Crippen molar-refractivity contribution >= 4 is 40.5 Å². The minimum Gasteiger partial charge on any atom is -0.495 e. The highest BCUT2D eigenvalue weighted by Gasteiger charge is 2.18. The van der Waals surface area contributed by atoms with Crippen LogP contribution in [-0.4, -0.2) is 34.2 Å². The zero-order chi connectivity index (χ0) is 20.3. The smallest absolute Gasteiger partial charge is 0.328 e. The monoisotopic (exact) mass is 397 g/mol. The Kier molecular flexibility index (Phi) is 5.80. The molecular formula is C21H20ClN3O3. The molecule has 28 heavy (non-hydrogen) atoms. The maximum absolute atomic E-state index is 11.1. The summed E-state index contributed by atoms with van der Waals surface area (Å²) in [5, 5.41) is 13.6. The largest absolute Gasteiger partial charge is 0.495 e. The van der Waals surface area contributed by atoms with Crippen molar-refractivity contribution in [2.75, 3.05) is 12.4 Å². The number of aromatic nitrogens is 2. The van der Waals surface area contributed by atoms with Crippen LogP contribution in [0.5, 0.6) is 5.75 Å². The Hall–Kier alpha value is -3.12. The van der Waals surface area contributed by atoms with E-state index in [1.807, 2.05) is 38.1 Å². The van der Waals surface area contributed by atoms with Crippen molar-refractivity contribution in [1.82, 2.24) is 9.97 Å². The van der Waals surface area contributed by atoms with Crippen LogP contribution in [-0.2, 0) is 4.79 Å². The van der Waals surface area contributed by atoms with Gasteiger partial charge in [-0.15, -0.1) is 0 Å². The van der Waals surface area contributed by atoms with Crippen LogP contribution in [0.3, 0.4) is 0 Å². The molecule has 0 fully saturated rings. The minimum atomic E-state index is -1.06. The summed E-state index contributed by atoms with van der Waals surface area (Å²) >= 11 is 6.39. The molecule has 6 nitrogen and oxygen atoms in total. The molecule has 1 heterocycles. The number of carboxylic acid groups (broad SMARTS) is 1. The summed E-state index contributed by atoms with van der Waals surface area (Å²) in [4.78, 5) is 20.1. The number of methoxy groups -OCH3 is 1. The Morgan fingerprint density at radius 3 is 2.68 bits per heavy atom. The predicted molar refractivity (Wildman–Crippen MR) is 112 cm³/mol. The van der Waals surface area contributed by atoms with E-state index in [9.17, 15) is 4.79 Å². The van der Waals surface area contributed by atoms with Gasteiger partial charge in [0.05, 0.1) is 12.6 Å². The third-order valence-electron chi connectivity index (χ3n) is 4.04. The normalized spacial score (nSPS) is 11.3. The molecule has 0 radical (unpaired) electrons. The highest BCUT2D eigenvalue weighted by Crippen LogP contribution is 2.41. The molecule has 2 aromatic carbocycles. The lowest BCUT2D eigenvalue weighted by atomic mass is 9.97. The number of hydrogen-bond donors (Lipinski definition) is 2. The minimum absolute atomic E-state index is 0.153. The second-order valence-electron chi connectivity index (χ2n) is 6.45. The van der Waals surface area contributed by atoms with E-state index in [-0.39, 0.29) is 6.04 Å². The van der Waals surface area contributed by atoms with E-state index in [1.165, 1.54) is 13.2 Å². The Morgan fingerprint density at radius 2 is 2.04 bits per heavy atom. The third-order valence-corrected chi connectivity index (χ3v) is 4.37. The van der Waals surface area contributed by atoms with E-state index in [4.69, 9.17) is 21.4 Å². The topological polar surface area (TPSA) is 84.3 Å². The van der Waals surface area contributed by atoms with Gasteiger partial charge in [0.25, 0.3) is 0 Å². The average Bonchev–Trinajstić information content (AvgIpc) is 2.65. The molecular weight excluding hydrogens is 378 g/mol. The number of fused-ring (bicyclic) bond motifs is 1. The number of aliphatic carboxylic acids is 1. The molecule has 3 rings (SSSR count). The lowest BCUT2D eigenvalue weighted by Crippen LogP contribution is -2.12. The summed E-state index contributed by atoms with van der Waals surface area (Å²) in [6, 6.07) is 9.44. The lowest BCUT2D eigenvalue weighted by molar-refractivity contribution is -0.131. The van der Waals surface area contributed by atoms with Gasteiger partial charge in [0.15, 0.2) is 0 Å². The molecule has 0 aliphatic carbocycles. The van der Waals surface area contributed by atoms with Gasteiger partial charge in [0.2, 0.25) is 5.95 Å². The van der Waals surface area contributed by atoms with Crippen LogP contribution in [0.25, 0.3) is 28.1 Å². The molecule has 7 heteroatoms. The summed E-state index contributed by atoms with van der Waals surface area (Å²) in [6.07, 6.45) is 4.24. The van der Waals surface area contributed by atoms with Gasteiger partial charge in [-0.3, -0.25) is 0 Å². The van der Waals surface area contributed by atoms with Crippen molar-refractivity contribution in [2.24, 2.45) is 0 Å². The summed E-state index contributed by atoms with van der Waals surface area (Å²) in [7, 11) is 1.54. The van der Waals surface area contributed by atoms with E-state index in [2.05, 4.69) is 15.3 Å². The van der Waals surface area contributed by atoms with Gasteiger partial charge in [-0.05, 0) is 32.1 Å². The van der Waals surface area contributed by atoms with Crippen LogP contribution in [0, 0.1) is 0 Å². The first-order valence-corrected chi connectivity index (χ1v) is 9.08. The van der Waals surface area contributed by atoms with Gasteiger partial charge >= 0.3 is 5.97 Å². The highest BCUT2D eigenvalue weighted by molar-refractivity contribution is 6.33. The van der Waals surface area contributed by atoms with Gasteiger partial charge in [0.1, 0.15) is 5.75 Å². The maximum atomic E-state index is 11.1. The molecule has 0 spiro atoms. The second-order valence-corrected chi connectivity index (χ2v) is 6.86. The molecule has 0 atom stereocenters. The molecule has 2 N–H and O–H groups in total. The molecule has 0 saturated carbocycles. The quantitative estimate of drug-likeness (QED) is 0.577. The van der Waals surface area contributed by atoms with Gasteiger partial charge < -0.3 is 15.2 Å². The zero-order valence-electron chi connectivity index (χ0n) is 15.7. The van der Waals surface area contributed by atoms with E-state index >= 15 is 0 Å². The number of anilines is 1. The second kappa shape index (κ2) is 8.27. The van der Waals surface area contributed by atoms with E-state index in [0.717, 1.165) is 22.6 Å². The number of rotatable bonds is 6. The molecule has 0 amide bonds. The van der Waals surface area contributed by atoms with Crippen molar-refractivity contribution in [3.8, 4) is 16.9 Å². The molecule has 1 aromatic heterocycles. The Bertz CT molecular complexity index is 1060. The van der Waals surface area contributed by atoms with E-state index in [1.54, 1.807) is 12.3 Å². The first kappa shape index (κ1) is 19.6. The number of nitrogens with one attached hydrogen (secondary N) is 1. The first-order valence-electron chi connectivity index (χ1n) is 8.71. The van der Waals surface area contributed by atoms with E-state index < -0.39 is 5.97 Å². The van der Waals surface area contributed by atoms with Crippen LogP contribution in [0.1, 0.15) is 19.4 Å². The summed E-state index contributed by atoms with van der Waals surface area (Å²) in [5.41, 5.74) is 2.64. The fraction of sp³-hybridized carbons (Fsp3) is 0.190. The van der Waals surface area contributed by atoms with Crippen molar-refractivity contribution in [3.05, 3.63) is 53.2 Å². The van der Waals surface area contributed by atoms with Crippen LogP contribution in [0.2, 0.25) is 5.02 Å². The standard InChI is InChI=1S/C21H20ClN3O3/c1-12(2)24-21-23-11-13-10-16(14-6-4-5-7-17(14)22)20(28-3)15(19(13)25-21)8-9-18(26)27/h4-12H,1-3H3,(H,26,27)(H,23,24,25)/b9-8+. The average molecular weight is 398 g/mol. The lowest BCUT2D eigenvalue weighted by Gasteiger charge is -2.16. The maximum Gasteiger partial charge on any atom is 0.328 e. The van der Waals surface area contributed by atoms with Crippen LogP contribution >= 0.6 is 11.6 Å². The van der Waals surface area contributed by atoms with Crippen molar-refractivity contribution < 1.29 is 14.6 Å². The van der Waals surface area contributed by atoms with E-state index in [0.29, 0.717) is 27.8 Å². The van der Waals surface area contributed by atoms with Gasteiger partial charge in [0, 0.05) is 45.4 Å². The fourth-order valence-electron chi connectivity index (χ4n) is 2.92. The van der Waals surface area contributed by atoms with Crippen molar-refractivity contribution in [3.63, 3.8) is 0 Å². The number of hydrogen-bond acceptors (Lipinski definition) is 5. The van der Waals surface area contributed by atoms with Crippen LogP contribution < -0.4 is 10.1 Å². The van der Waals surface area contributed by atoms with Gasteiger partial charge in [-0.1, -0.05) is 29.8 Å². The molecule has 0 aliphatic heterocycles. The number of nitrogens with zero attached hydrogens (tertiary/aromatic N) is 2. The Balaban J connectivity index is 2.34. The fourth-order valence-corrected chi connectivity index (χ4v) is 3.16. The third kappa shape index (κ3) is 4.07. The van der Waals surface area contributed by atoms with Gasteiger partial charge in [-0.2, -0.15) is 0 Å². The summed E-state index contributed by atoms with van der Waals surface area (Å²) in [5.74, 6) is -0.111. The number of carboxylic acids is 1. The van der Waals surface area contributed by atoms with Gasteiger partial charge in [-0.25, -0.2) is 14.8 Å². The number of halogens is 1. The highest BCUT2D eigenvalue weighted by atomic mass is 35.5. The number of carbonyl (C=O) groups is 1. The summed E-state index contributed by atoms with van der Waals surface area (Å²) < 4.78 is 5.66. The summed E-state index contributed by atoms with van der Waals surface area (Å²) in [6.45, 7) is 3.97. The SMILES string of the molecule is COc1c(-c2ccccc2Cl)cc2cnc(NC(C)C)nc2c1/C=C/C(=O)O. The Morgan fingerprint density at radius 1 is 1.29 bits per heavy atom. The van der Waals surface area contributed by atoms with Crippen LogP contribution in [0.15, 0.2) is 42.6 Å². The first-order chi connectivity index (χ1) is 13.4. The van der Waals surface area contributed by atoms with Crippen molar-refractivity contribution in [2.45, 2.75) is 19.9 Å². The van der Waals surface area contributed by atoms with Crippen molar-refractivity contribution in [1.29, 1.82) is 0 Å².